The molecule has 0 aromatic carbocycles. The van der Waals surface area contributed by atoms with Crippen molar-refractivity contribution in [3.8, 4) is 0 Å². The smallest absolute Gasteiger partial charge is 0.348 e. The van der Waals surface area contributed by atoms with E-state index in [1.807, 2.05) is 0 Å². The van der Waals surface area contributed by atoms with Crippen LogP contribution in [0.4, 0.5) is 10.7 Å². The zero-order valence-electron chi connectivity index (χ0n) is 18.1. The quantitative estimate of drug-likeness (QED) is 0.365. The Balaban J connectivity index is 2.42. The van der Waals surface area contributed by atoms with Crippen LogP contribution < -0.4 is 5.32 Å². The van der Waals surface area contributed by atoms with Crippen molar-refractivity contribution in [2.45, 2.75) is 47.6 Å². The number of nitrogens with zero attached hydrogens (tertiary/aromatic N) is 3. The van der Waals surface area contributed by atoms with Crippen LogP contribution in [0.15, 0.2) is 0 Å². The molecular weight excluding hydrogens is 428 g/mol. The maximum absolute atomic E-state index is 12.9. The third-order valence-electron chi connectivity index (χ3n) is 4.54. The molecule has 0 fully saturated rings. The first-order chi connectivity index (χ1) is 14.5. The fraction of sp³-hybridized carbons (Fsp3) is 0.474. The molecule has 1 N–H and O–H groups in total. The Kier molecular flexibility index (Phi) is 7.50. The Morgan fingerprint density at radius 3 is 2.26 bits per heavy atom. The van der Waals surface area contributed by atoms with Crippen molar-refractivity contribution >= 4 is 39.9 Å². The fourth-order valence-corrected chi connectivity index (χ4v) is 4.16. The Hall–Kier alpha value is -3.28. The lowest BCUT2D eigenvalue weighted by Gasteiger charge is -2.14. The lowest BCUT2D eigenvalue weighted by Crippen LogP contribution is -2.25. The van der Waals surface area contributed by atoms with Gasteiger partial charge >= 0.3 is 17.6 Å². The van der Waals surface area contributed by atoms with Crippen LogP contribution in [0.1, 0.15) is 63.8 Å². The zero-order chi connectivity index (χ0) is 23.5. The summed E-state index contributed by atoms with van der Waals surface area (Å²) in [6.45, 7) is 9.64. The maximum atomic E-state index is 12.9. The third-order valence-corrected chi connectivity index (χ3v) is 5.73. The minimum Gasteiger partial charge on any atom is -0.462 e. The van der Waals surface area contributed by atoms with Gasteiger partial charge in [-0.15, -0.1) is 11.3 Å². The van der Waals surface area contributed by atoms with E-state index in [-0.39, 0.29) is 45.7 Å². The lowest BCUT2D eigenvalue weighted by atomic mass is 10.1. The highest BCUT2D eigenvalue weighted by Crippen LogP contribution is 2.35. The molecule has 2 aromatic rings. The maximum Gasteiger partial charge on any atom is 0.348 e. The van der Waals surface area contributed by atoms with Gasteiger partial charge in [-0.3, -0.25) is 19.6 Å². The number of esters is 2. The number of nitrogens with one attached hydrogen (secondary N) is 1. The molecule has 12 heteroatoms. The molecule has 0 saturated carbocycles. The fourth-order valence-electron chi connectivity index (χ4n) is 3.06. The molecule has 0 bridgehead atoms. The predicted molar refractivity (Wildman–Crippen MR) is 113 cm³/mol. The van der Waals surface area contributed by atoms with Gasteiger partial charge in [0, 0.05) is 0 Å². The van der Waals surface area contributed by atoms with E-state index in [9.17, 15) is 24.5 Å². The number of carbonyl (C=O) groups excluding carboxylic acids is 3. The van der Waals surface area contributed by atoms with Crippen molar-refractivity contribution < 1.29 is 28.8 Å². The molecule has 168 valence electrons. The molecule has 1 unspecified atom stereocenters. The third kappa shape index (κ3) is 4.74. The summed E-state index contributed by atoms with van der Waals surface area (Å²) in [6.07, 6.45) is 0. The number of anilines is 1. The molecule has 11 nitrogen and oxygen atoms in total. The van der Waals surface area contributed by atoms with Crippen LogP contribution >= 0.6 is 11.3 Å². The van der Waals surface area contributed by atoms with Gasteiger partial charge < -0.3 is 14.8 Å². The van der Waals surface area contributed by atoms with Crippen molar-refractivity contribution in [3.63, 3.8) is 0 Å². The van der Waals surface area contributed by atoms with Gasteiger partial charge in [0.05, 0.1) is 23.7 Å². The number of nitro groups is 1. The molecule has 0 spiro atoms. The summed E-state index contributed by atoms with van der Waals surface area (Å²) in [4.78, 5) is 48.5. The van der Waals surface area contributed by atoms with E-state index in [1.165, 1.54) is 25.5 Å². The SMILES string of the molecule is CCOC(=O)c1sc(NC(=O)C(C)n2nc(C)c([N+](=O)[O-])c2C)c(C(=O)OCC)c1C. The van der Waals surface area contributed by atoms with E-state index in [0.717, 1.165) is 11.3 Å². The number of hydrogen-bond acceptors (Lipinski definition) is 9. The summed E-state index contributed by atoms with van der Waals surface area (Å²) in [6, 6.07) is -0.920. The Morgan fingerprint density at radius 2 is 1.74 bits per heavy atom. The van der Waals surface area contributed by atoms with Crippen LogP contribution in [-0.2, 0) is 14.3 Å². The van der Waals surface area contributed by atoms with E-state index < -0.39 is 28.8 Å². The summed E-state index contributed by atoms with van der Waals surface area (Å²) >= 11 is 0.902. The summed E-state index contributed by atoms with van der Waals surface area (Å²) < 4.78 is 11.3. The largest absolute Gasteiger partial charge is 0.462 e. The first-order valence-corrected chi connectivity index (χ1v) is 10.3. The minimum absolute atomic E-state index is 0.0646. The van der Waals surface area contributed by atoms with Gasteiger partial charge in [0.1, 0.15) is 27.3 Å². The van der Waals surface area contributed by atoms with Gasteiger partial charge in [0.15, 0.2) is 0 Å². The summed E-state index contributed by atoms with van der Waals surface area (Å²) in [5.74, 6) is -1.86. The van der Waals surface area contributed by atoms with Gasteiger partial charge in [0.2, 0.25) is 5.91 Å². The Morgan fingerprint density at radius 1 is 1.16 bits per heavy atom. The zero-order valence-corrected chi connectivity index (χ0v) is 18.9. The second-order valence-electron chi connectivity index (χ2n) is 6.59. The molecule has 0 aliphatic heterocycles. The lowest BCUT2D eigenvalue weighted by molar-refractivity contribution is -0.386. The summed E-state index contributed by atoms with van der Waals surface area (Å²) in [5.41, 5.74) is 0.654. The van der Waals surface area contributed by atoms with Gasteiger partial charge in [0.25, 0.3) is 0 Å². The normalized spacial score (nSPS) is 11.7. The molecule has 0 aliphatic carbocycles. The van der Waals surface area contributed by atoms with Gasteiger partial charge in [-0.05, 0) is 47.1 Å². The Labute approximate surface area is 182 Å². The van der Waals surface area contributed by atoms with E-state index in [1.54, 1.807) is 20.8 Å². The average Bonchev–Trinajstić information content (AvgIpc) is 3.17. The standard InChI is InChI=1S/C19H24N4O7S/c1-7-29-18(25)13-9(3)15(19(26)30-8-2)31-17(13)20-16(24)12(6)22-11(5)14(23(27)28)10(4)21-22/h12H,7-8H2,1-6H3,(H,20,24). The van der Waals surface area contributed by atoms with Crippen molar-refractivity contribution in [2.75, 3.05) is 18.5 Å². The summed E-state index contributed by atoms with van der Waals surface area (Å²) in [5, 5.41) is 18.1. The second-order valence-corrected chi connectivity index (χ2v) is 7.61. The van der Waals surface area contributed by atoms with Crippen LogP contribution in [-0.4, -0.2) is 45.8 Å². The number of aryl methyl sites for hydroxylation is 1. The number of hydrogen-bond donors (Lipinski definition) is 1. The molecular formula is C19H24N4O7S. The van der Waals surface area contributed by atoms with Crippen LogP contribution in [0, 0.1) is 30.9 Å². The number of ether oxygens (including phenoxy) is 2. The van der Waals surface area contributed by atoms with Gasteiger partial charge in [-0.25, -0.2) is 9.59 Å². The van der Waals surface area contributed by atoms with Crippen molar-refractivity contribution in [3.05, 3.63) is 37.5 Å². The molecule has 0 aliphatic rings. The average molecular weight is 452 g/mol. The minimum atomic E-state index is -0.920. The highest BCUT2D eigenvalue weighted by atomic mass is 32.1. The first-order valence-electron chi connectivity index (χ1n) is 9.53. The van der Waals surface area contributed by atoms with Gasteiger partial charge in [-0.1, -0.05) is 0 Å². The van der Waals surface area contributed by atoms with Crippen LogP contribution in [0.2, 0.25) is 0 Å². The van der Waals surface area contributed by atoms with Gasteiger partial charge in [-0.2, -0.15) is 5.10 Å². The molecule has 0 saturated heterocycles. The molecule has 2 rings (SSSR count). The highest BCUT2D eigenvalue weighted by Gasteiger charge is 2.30. The second kappa shape index (κ2) is 9.69. The van der Waals surface area contributed by atoms with Crippen LogP contribution in [0.25, 0.3) is 0 Å². The molecule has 1 atom stereocenters. The van der Waals surface area contributed by atoms with Crippen LogP contribution in [0.5, 0.6) is 0 Å². The monoisotopic (exact) mass is 452 g/mol. The molecule has 1 amide bonds. The van der Waals surface area contributed by atoms with E-state index in [2.05, 4.69) is 10.4 Å². The number of carbonyl (C=O) groups is 3. The highest BCUT2D eigenvalue weighted by molar-refractivity contribution is 7.18. The number of amides is 1. The number of rotatable bonds is 8. The van der Waals surface area contributed by atoms with E-state index in [0.29, 0.717) is 5.56 Å². The number of thiophene rings is 1. The topological polar surface area (TPSA) is 143 Å². The predicted octanol–water partition coefficient (Wildman–Crippen LogP) is 3.33. The molecule has 2 heterocycles. The molecule has 2 aromatic heterocycles. The molecule has 0 radical (unpaired) electrons. The summed E-state index contributed by atoms with van der Waals surface area (Å²) in [7, 11) is 0. The van der Waals surface area contributed by atoms with Crippen LogP contribution in [0.3, 0.4) is 0 Å². The van der Waals surface area contributed by atoms with Crippen molar-refractivity contribution in [2.24, 2.45) is 0 Å². The van der Waals surface area contributed by atoms with E-state index in [4.69, 9.17) is 9.47 Å². The van der Waals surface area contributed by atoms with E-state index >= 15 is 0 Å². The first kappa shape index (κ1) is 24.0. The molecule has 31 heavy (non-hydrogen) atoms. The Bertz CT molecular complexity index is 1040. The van der Waals surface area contributed by atoms with Crippen molar-refractivity contribution in [1.82, 2.24) is 9.78 Å². The van der Waals surface area contributed by atoms with Crippen molar-refractivity contribution in [1.29, 1.82) is 0 Å². The number of aromatic nitrogens is 2.